The maximum Gasteiger partial charge on any atom is 0.253 e. The van der Waals surface area contributed by atoms with Crippen molar-refractivity contribution in [1.82, 2.24) is 30.1 Å². The van der Waals surface area contributed by atoms with Gasteiger partial charge in [0.25, 0.3) is 5.56 Å². The Balaban J connectivity index is 1.53. The van der Waals surface area contributed by atoms with Crippen LogP contribution in [-0.4, -0.2) is 30.1 Å². The topological polar surface area (TPSA) is 79.7 Å². The molecule has 1 aliphatic carbocycles. The van der Waals surface area contributed by atoms with Crippen LogP contribution in [0.5, 0.6) is 0 Å². The number of pyridine rings is 1. The fraction of sp³-hybridized carbons (Fsp3) is 0.312. The molecule has 1 N–H and O–H groups in total. The molecule has 1 aliphatic rings. The molecule has 1 fully saturated rings. The zero-order valence-corrected chi connectivity index (χ0v) is 22.6. The van der Waals surface area contributed by atoms with Gasteiger partial charge in [0.2, 0.25) is 0 Å². The van der Waals surface area contributed by atoms with Crippen molar-refractivity contribution in [2.45, 2.75) is 64.2 Å². The lowest BCUT2D eigenvalue weighted by Gasteiger charge is -2.33. The molecule has 6 rings (SSSR count). The van der Waals surface area contributed by atoms with Crippen molar-refractivity contribution >= 4 is 10.9 Å². The number of aryl methyl sites for hydroxylation is 1. The lowest BCUT2D eigenvalue weighted by Crippen LogP contribution is -2.35. The molecule has 0 amide bonds. The van der Waals surface area contributed by atoms with Gasteiger partial charge in [0.05, 0.1) is 11.6 Å². The molecule has 1 saturated carbocycles. The molecule has 1 atom stereocenters. The van der Waals surface area contributed by atoms with Crippen LogP contribution in [0.1, 0.15) is 72.3 Å². The van der Waals surface area contributed by atoms with Crippen LogP contribution in [0.25, 0.3) is 10.9 Å². The Morgan fingerprint density at radius 1 is 0.950 bits per heavy atom. The normalized spacial score (nSPS) is 15.1. The number of rotatable bonds is 8. The van der Waals surface area contributed by atoms with Crippen LogP contribution in [-0.2, 0) is 13.1 Å². The maximum absolute atomic E-state index is 13.9. The Kier molecular flexibility index (Phi) is 7.51. The predicted octanol–water partition coefficient (Wildman–Crippen LogP) is 6.26. The second-order valence-corrected chi connectivity index (χ2v) is 10.8. The number of halogens is 1. The fourth-order valence-electron chi connectivity index (χ4n) is 5.95. The number of H-pyrrole nitrogens is 1. The first kappa shape index (κ1) is 26.1. The number of aromatic nitrogens is 5. The van der Waals surface area contributed by atoms with E-state index in [9.17, 15) is 9.18 Å². The van der Waals surface area contributed by atoms with Gasteiger partial charge in [-0.3, -0.25) is 9.69 Å². The number of hydrogen-bond acceptors (Lipinski definition) is 5. The molecule has 7 nitrogen and oxygen atoms in total. The van der Waals surface area contributed by atoms with Gasteiger partial charge in [0.15, 0.2) is 5.82 Å². The average Bonchev–Trinajstić information content (AvgIpc) is 3.46. The van der Waals surface area contributed by atoms with Gasteiger partial charge in [-0.25, -0.2) is 9.07 Å². The second-order valence-electron chi connectivity index (χ2n) is 10.8. The summed E-state index contributed by atoms with van der Waals surface area (Å²) in [7, 11) is 0. The highest BCUT2D eigenvalue weighted by atomic mass is 19.1. The highest BCUT2D eigenvalue weighted by Gasteiger charge is 2.33. The third-order valence-electron chi connectivity index (χ3n) is 7.99. The zero-order chi connectivity index (χ0) is 27.5. The molecule has 0 spiro atoms. The number of para-hydroxylation sites is 1. The lowest BCUT2D eigenvalue weighted by atomic mass is 9.94. The van der Waals surface area contributed by atoms with Gasteiger partial charge >= 0.3 is 0 Å². The quantitative estimate of drug-likeness (QED) is 0.253. The Morgan fingerprint density at radius 2 is 1.68 bits per heavy atom. The predicted molar refractivity (Wildman–Crippen MR) is 153 cm³/mol. The Labute approximate surface area is 232 Å². The van der Waals surface area contributed by atoms with Crippen LogP contribution in [0.15, 0.2) is 83.7 Å². The molecular formula is C32H33FN6O. The van der Waals surface area contributed by atoms with Crippen molar-refractivity contribution in [3.8, 4) is 0 Å². The number of nitrogens with one attached hydrogen (secondary N) is 1. The molecule has 204 valence electrons. The van der Waals surface area contributed by atoms with E-state index in [1.54, 1.807) is 12.1 Å². The minimum atomic E-state index is -0.532. The maximum atomic E-state index is 13.9. The number of hydrogen-bond donors (Lipinski definition) is 1. The summed E-state index contributed by atoms with van der Waals surface area (Å²) in [4.78, 5) is 19.2. The van der Waals surface area contributed by atoms with Crippen molar-refractivity contribution < 1.29 is 4.39 Å². The summed E-state index contributed by atoms with van der Waals surface area (Å²) >= 11 is 0. The molecule has 0 unspecified atom stereocenters. The van der Waals surface area contributed by atoms with Crippen molar-refractivity contribution in [2.75, 3.05) is 0 Å². The van der Waals surface area contributed by atoms with E-state index in [-0.39, 0.29) is 17.4 Å². The van der Waals surface area contributed by atoms with Gasteiger partial charge < -0.3 is 4.98 Å². The highest BCUT2D eigenvalue weighted by Crippen LogP contribution is 2.34. The summed E-state index contributed by atoms with van der Waals surface area (Å²) in [5.41, 5.74) is 4.30. The van der Waals surface area contributed by atoms with Gasteiger partial charge in [-0.1, -0.05) is 79.9 Å². The van der Waals surface area contributed by atoms with Crippen molar-refractivity contribution in [2.24, 2.45) is 0 Å². The standard InChI is InChI=1S/C32H33FN6O/c1-22-9-8-12-25-19-28(32(40)34-29(22)25)30(31-35-36-37-39(31)27-13-6-3-7-14-27)38(20-23-10-4-2-5-11-23)21-24-15-17-26(33)18-16-24/h2,4-5,8-12,15-19,27,30H,3,6-7,13-14,20-21H2,1H3,(H,34,40)/t30-/m1/s1. The number of nitrogens with zero attached hydrogens (tertiary/aromatic N) is 5. The SMILES string of the molecule is Cc1cccc2cc([C@H](c3nnnn3C3CCCCC3)N(Cc3ccccc3)Cc3ccc(F)cc3)c(=O)[nH]c12. The first-order valence-electron chi connectivity index (χ1n) is 14.0. The van der Waals surface area contributed by atoms with Crippen LogP contribution >= 0.6 is 0 Å². The lowest BCUT2D eigenvalue weighted by molar-refractivity contribution is 0.186. The average molecular weight is 537 g/mol. The molecule has 5 aromatic rings. The number of benzene rings is 3. The largest absolute Gasteiger partial charge is 0.321 e. The van der Waals surface area contributed by atoms with E-state index >= 15 is 0 Å². The van der Waals surface area contributed by atoms with E-state index in [0.29, 0.717) is 24.5 Å². The van der Waals surface area contributed by atoms with E-state index in [2.05, 4.69) is 37.5 Å². The summed E-state index contributed by atoms with van der Waals surface area (Å²) in [5, 5.41) is 14.1. The van der Waals surface area contributed by atoms with Crippen LogP contribution in [0.2, 0.25) is 0 Å². The Morgan fingerprint density at radius 3 is 2.42 bits per heavy atom. The molecule has 3 aromatic carbocycles. The van der Waals surface area contributed by atoms with Gasteiger partial charge in [-0.05, 0) is 70.5 Å². The van der Waals surface area contributed by atoms with E-state index in [4.69, 9.17) is 0 Å². The van der Waals surface area contributed by atoms with Crippen LogP contribution in [0.4, 0.5) is 4.39 Å². The van der Waals surface area contributed by atoms with Crippen LogP contribution in [0.3, 0.4) is 0 Å². The fourth-order valence-corrected chi connectivity index (χ4v) is 5.95. The molecule has 8 heteroatoms. The van der Waals surface area contributed by atoms with Crippen molar-refractivity contribution in [3.63, 3.8) is 0 Å². The second kappa shape index (κ2) is 11.5. The van der Waals surface area contributed by atoms with Crippen molar-refractivity contribution in [1.29, 1.82) is 0 Å². The van der Waals surface area contributed by atoms with E-state index in [0.717, 1.165) is 53.3 Å². The summed E-state index contributed by atoms with van der Waals surface area (Å²) in [6.45, 7) is 3.02. The smallest absolute Gasteiger partial charge is 0.253 e. The van der Waals surface area contributed by atoms with E-state index < -0.39 is 6.04 Å². The Bertz CT molecular complexity index is 1640. The third-order valence-corrected chi connectivity index (χ3v) is 7.99. The zero-order valence-electron chi connectivity index (χ0n) is 22.6. The van der Waals surface area contributed by atoms with Crippen LogP contribution < -0.4 is 5.56 Å². The molecule has 2 aromatic heterocycles. The molecule has 0 saturated heterocycles. The molecule has 0 bridgehead atoms. The van der Waals surface area contributed by atoms with Gasteiger partial charge in [0, 0.05) is 18.7 Å². The van der Waals surface area contributed by atoms with Gasteiger partial charge in [-0.15, -0.1) is 5.10 Å². The van der Waals surface area contributed by atoms with Gasteiger partial charge in [0.1, 0.15) is 11.9 Å². The third kappa shape index (κ3) is 5.45. The minimum Gasteiger partial charge on any atom is -0.321 e. The molecule has 40 heavy (non-hydrogen) atoms. The number of fused-ring (bicyclic) bond motifs is 1. The Hall–Kier alpha value is -4.17. The van der Waals surface area contributed by atoms with E-state index in [1.165, 1.54) is 18.6 Å². The minimum absolute atomic E-state index is 0.165. The monoisotopic (exact) mass is 536 g/mol. The molecule has 2 heterocycles. The molecular weight excluding hydrogens is 503 g/mol. The number of aromatic amines is 1. The molecule has 0 radical (unpaired) electrons. The van der Waals surface area contributed by atoms with Gasteiger partial charge in [-0.2, -0.15) is 0 Å². The summed E-state index contributed by atoms with van der Waals surface area (Å²) in [5.74, 6) is 0.375. The first-order valence-corrected chi connectivity index (χ1v) is 14.0. The highest BCUT2D eigenvalue weighted by molar-refractivity contribution is 5.82. The first-order chi connectivity index (χ1) is 19.6. The summed E-state index contributed by atoms with van der Waals surface area (Å²) < 4.78 is 15.8. The van der Waals surface area contributed by atoms with Crippen LogP contribution in [0, 0.1) is 12.7 Å². The van der Waals surface area contributed by atoms with Crippen molar-refractivity contribution in [3.05, 3.63) is 123 Å². The summed E-state index contributed by atoms with van der Waals surface area (Å²) in [6.07, 6.45) is 5.50. The number of tetrazole rings is 1. The summed E-state index contributed by atoms with van der Waals surface area (Å²) in [6, 6.07) is 24.4. The molecule has 0 aliphatic heterocycles. The van der Waals surface area contributed by atoms with E-state index in [1.807, 2.05) is 54.1 Å².